The maximum absolute atomic E-state index is 13.2. The van der Waals surface area contributed by atoms with Crippen molar-refractivity contribution in [3.63, 3.8) is 0 Å². The highest BCUT2D eigenvalue weighted by Gasteiger charge is 2.22. The fourth-order valence-electron chi connectivity index (χ4n) is 4.71. The smallest absolute Gasteiger partial charge is 0.242 e. The van der Waals surface area contributed by atoms with E-state index in [1.54, 1.807) is 0 Å². The number of likely N-dealkylation sites (tertiary alicyclic amines) is 1. The molecule has 1 saturated heterocycles. The number of amides is 1. The van der Waals surface area contributed by atoms with Gasteiger partial charge in [-0.1, -0.05) is 70.0 Å². The molecule has 4 nitrogen and oxygen atoms in total. The molecule has 3 aromatic rings. The molecule has 0 spiro atoms. The van der Waals surface area contributed by atoms with Gasteiger partial charge in [-0.2, -0.15) is 0 Å². The molecule has 2 heterocycles. The molecule has 0 radical (unpaired) electrons. The first-order valence-corrected chi connectivity index (χ1v) is 11.8. The third kappa shape index (κ3) is 5.00. The summed E-state index contributed by atoms with van der Waals surface area (Å²) in [5.41, 5.74) is 4.62. The Bertz CT molecular complexity index is 1010. The van der Waals surface area contributed by atoms with Crippen LogP contribution in [-0.2, 0) is 17.8 Å². The third-order valence-electron chi connectivity index (χ3n) is 6.45. The molecule has 4 rings (SSSR count). The molecule has 4 heteroatoms. The van der Waals surface area contributed by atoms with E-state index in [1.807, 2.05) is 18.2 Å². The van der Waals surface area contributed by atoms with E-state index < -0.39 is 0 Å². The van der Waals surface area contributed by atoms with Gasteiger partial charge in [-0.05, 0) is 48.4 Å². The highest BCUT2D eigenvalue weighted by Crippen LogP contribution is 2.28. The number of imidazole rings is 1. The van der Waals surface area contributed by atoms with E-state index in [4.69, 9.17) is 4.98 Å². The lowest BCUT2D eigenvalue weighted by Crippen LogP contribution is -2.35. The van der Waals surface area contributed by atoms with Crippen molar-refractivity contribution in [1.29, 1.82) is 0 Å². The van der Waals surface area contributed by atoms with Gasteiger partial charge in [0.25, 0.3) is 0 Å². The van der Waals surface area contributed by atoms with Gasteiger partial charge < -0.3 is 9.47 Å². The summed E-state index contributed by atoms with van der Waals surface area (Å²) in [6, 6.07) is 17.1. The molecule has 0 saturated carbocycles. The molecule has 1 aliphatic heterocycles. The predicted octanol–water partition coefficient (Wildman–Crippen LogP) is 5.79. The molecular weight excluding hydrogens is 382 g/mol. The number of nitrogens with zero attached hydrogens (tertiary/aromatic N) is 3. The molecule has 31 heavy (non-hydrogen) atoms. The largest absolute Gasteiger partial charge is 0.341 e. The minimum Gasteiger partial charge on any atom is -0.341 e. The van der Waals surface area contributed by atoms with E-state index in [1.165, 1.54) is 24.0 Å². The van der Waals surface area contributed by atoms with Gasteiger partial charge in [0.1, 0.15) is 12.4 Å². The molecule has 1 amide bonds. The van der Waals surface area contributed by atoms with Crippen molar-refractivity contribution in [3.05, 3.63) is 65.5 Å². The zero-order valence-corrected chi connectivity index (χ0v) is 19.2. The third-order valence-corrected chi connectivity index (χ3v) is 6.45. The Morgan fingerprint density at radius 1 is 0.935 bits per heavy atom. The van der Waals surface area contributed by atoms with E-state index in [0.29, 0.717) is 12.5 Å². The van der Waals surface area contributed by atoms with Crippen molar-refractivity contribution in [2.45, 2.75) is 65.3 Å². The zero-order chi connectivity index (χ0) is 21.8. The summed E-state index contributed by atoms with van der Waals surface area (Å²) in [6.45, 7) is 8.83. The van der Waals surface area contributed by atoms with Crippen LogP contribution in [0.15, 0.2) is 48.5 Å². The molecule has 1 aliphatic rings. The average molecular weight is 418 g/mol. The Hall–Kier alpha value is -2.62. The molecule has 0 aliphatic carbocycles. The predicted molar refractivity (Wildman–Crippen MR) is 127 cm³/mol. The summed E-state index contributed by atoms with van der Waals surface area (Å²) in [5.74, 6) is 1.96. The summed E-state index contributed by atoms with van der Waals surface area (Å²) in [5, 5.41) is 0. The lowest BCUT2D eigenvalue weighted by molar-refractivity contribution is -0.131. The fourth-order valence-corrected chi connectivity index (χ4v) is 4.71. The van der Waals surface area contributed by atoms with E-state index in [2.05, 4.69) is 60.6 Å². The standard InChI is InChI=1S/C27H35N3O/c1-20(2)18-22-12-14-23(15-13-22)21(3)27-28-24-10-6-7-11-25(24)30(27)19-26(31)29-16-8-4-5-9-17-29/h6-7,10-15,20-21H,4-5,8-9,16-19H2,1-3H3. The fraction of sp³-hybridized carbons (Fsp3) is 0.481. The lowest BCUT2D eigenvalue weighted by Gasteiger charge is -2.22. The molecule has 2 aromatic carbocycles. The van der Waals surface area contributed by atoms with Crippen LogP contribution < -0.4 is 0 Å². The number of carbonyl (C=O) groups excluding carboxylic acids is 1. The molecule has 1 fully saturated rings. The number of hydrogen-bond donors (Lipinski definition) is 0. The first-order chi connectivity index (χ1) is 15.0. The number of para-hydroxylation sites is 2. The van der Waals surface area contributed by atoms with Crippen molar-refractivity contribution < 1.29 is 4.79 Å². The van der Waals surface area contributed by atoms with Crippen molar-refractivity contribution in [2.24, 2.45) is 5.92 Å². The second-order valence-corrected chi connectivity index (χ2v) is 9.40. The lowest BCUT2D eigenvalue weighted by atomic mass is 9.96. The van der Waals surface area contributed by atoms with Gasteiger partial charge in [-0.15, -0.1) is 0 Å². The van der Waals surface area contributed by atoms with Crippen LogP contribution in [-0.4, -0.2) is 33.4 Å². The van der Waals surface area contributed by atoms with E-state index in [0.717, 1.165) is 49.2 Å². The van der Waals surface area contributed by atoms with Crippen LogP contribution in [0.1, 0.15) is 69.3 Å². The quantitative estimate of drug-likeness (QED) is 0.509. The summed E-state index contributed by atoms with van der Waals surface area (Å²) in [6.07, 6.45) is 5.78. The maximum atomic E-state index is 13.2. The highest BCUT2D eigenvalue weighted by molar-refractivity contribution is 5.81. The first kappa shape index (κ1) is 21.6. The minimum atomic E-state index is 0.123. The first-order valence-electron chi connectivity index (χ1n) is 11.8. The number of carbonyl (C=O) groups is 1. The van der Waals surface area contributed by atoms with E-state index >= 15 is 0 Å². The molecule has 1 aromatic heterocycles. The van der Waals surface area contributed by atoms with Gasteiger partial charge in [0.15, 0.2) is 0 Å². The number of aromatic nitrogens is 2. The summed E-state index contributed by atoms with van der Waals surface area (Å²) in [4.78, 5) is 20.2. The van der Waals surface area contributed by atoms with Crippen molar-refractivity contribution >= 4 is 16.9 Å². The second kappa shape index (κ2) is 9.67. The Balaban J connectivity index is 1.63. The molecule has 164 valence electrons. The van der Waals surface area contributed by atoms with Gasteiger partial charge in [0.05, 0.1) is 11.0 Å². The number of benzene rings is 2. The van der Waals surface area contributed by atoms with Crippen LogP contribution in [0.2, 0.25) is 0 Å². The van der Waals surface area contributed by atoms with Crippen LogP contribution in [0, 0.1) is 5.92 Å². The van der Waals surface area contributed by atoms with Gasteiger partial charge >= 0.3 is 0 Å². The Labute approximate surface area is 186 Å². The summed E-state index contributed by atoms with van der Waals surface area (Å²) < 4.78 is 2.15. The van der Waals surface area contributed by atoms with Crippen LogP contribution in [0.4, 0.5) is 0 Å². The average Bonchev–Trinajstić information content (AvgIpc) is 2.93. The van der Waals surface area contributed by atoms with Gasteiger partial charge in [-0.3, -0.25) is 4.79 Å². The van der Waals surface area contributed by atoms with Crippen molar-refractivity contribution in [1.82, 2.24) is 14.5 Å². The number of hydrogen-bond acceptors (Lipinski definition) is 2. The number of fused-ring (bicyclic) bond motifs is 1. The van der Waals surface area contributed by atoms with E-state index in [-0.39, 0.29) is 11.8 Å². The van der Waals surface area contributed by atoms with Gasteiger partial charge in [-0.25, -0.2) is 4.98 Å². The highest BCUT2D eigenvalue weighted by atomic mass is 16.2. The van der Waals surface area contributed by atoms with Crippen LogP contribution in [0.25, 0.3) is 11.0 Å². The second-order valence-electron chi connectivity index (χ2n) is 9.40. The van der Waals surface area contributed by atoms with Crippen LogP contribution in [0.3, 0.4) is 0 Å². The van der Waals surface area contributed by atoms with Crippen molar-refractivity contribution in [2.75, 3.05) is 13.1 Å². The molecule has 1 atom stereocenters. The topological polar surface area (TPSA) is 38.1 Å². The van der Waals surface area contributed by atoms with Crippen molar-refractivity contribution in [3.8, 4) is 0 Å². The Kier molecular flexibility index (Phi) is 6.74. The van der Waals surface area contributed by atoms with Crippen LogP contribution >= 0.6 is 0 Å². The molecule has 0 bridgehead atoms. The van der Waals surface area contributed by atoms with Gasteiger partial charge in [0, 0.05) is 19.0 Å². The summed E-state index contributed by atoms with van der Waals surface area (Å²) >= 11 is 0. The Morgan fingerprint density at radius 2 is 1.61 bits per heavy atom. The van der Waals surface area contributed by atoms with Crippen LogP contribution in [0.5, 0.6) is 0 Å². The molecule has 1 unspecified atom stereocenters. The molecule has 0 N–H and O–H groups in total. The van der Waals surface area contributed by atoms with E-state index in [9.17, 15) is 4.79 Å². The molecular formula is C27H35N3O. The summed E-state index contributed by atoms with van der Waals surface area (Å²) in [7, 11) is 0. The van der Waals surface area contributed by atoms with Gasteiger partial charge in [0.2, 0.25) is 5.91 Å². The maximum Gasteiger partial charge on any atom is 0.242 e. The monoisotopic (exact) mass is 417 g/mol. The SMILES string of the molecule is CC(C)Cc1ccc(C(C)c2nc3ccccc3n2CC(=O)N2CCCCCC2)cc1. The zero-order valence-electron chi connectivity index (χ0n) is 19.2. The normalized spacial score (nSPS) is 15.9. The Morgan fingerprint density at radius 3 is 2.29 bits per heavy atom. The minimum absolute atomic E-state index is 0.123. The number of rotatable bonds is 6.